The van der Waals surface area contributed by atoms with Crippen LogP contribution >= 0.6 is 15.5 Å². The fourth-order valence-electron chi connectivity index (χ4n) is 7.01. The van der Waals surface area contributed by atoms with Gasteiger partial charge >= 0.3 is 0 Å². The summed E-state index contributed by atoms with van der Waals surface area (Å²) in [6.07, 6.45) is 4.74. The van der Waals surface area contributed by atoms with Gasteiger partial charge in [-0.1, -0.05) is 109 Å². The van der Waals surface area contributed by atoms with Gasteiger partial charge in [-0.3, -0.25) is 0 Å². The maximum atomic E-state index is 5.39. The van der Waals surface area contributed by atoms with E-state index in [2.05, 4.69) is 114 Å². The molecular formula is C32H31NP2. The molecule has 0 bridgehead atoms. The lowest BCUT2D eigenvalue weighted by Gasteiger charge is -2.53. The Hall–Kier alpha value is -2.30. The molecule has 0 aliphatic carbocycles. The molecule has 174 valence electrons. The Kier molecular flexibility index (Phi) is 5.44. The van der Waals surface area contributed by atoms with E-state index in [1.54, 1.807) is 22.0 Å². The van der Waals surface area contributed by atoms with Crippen molar-refractivity contribution in [2.45, 2.75) is 43.0 Å². The molecule has 1 fully saturated rings. The molecule has 4 aromatic carbocycles. The maximum Gasteiger partial charge on any atom is 0.0848 e. The third-order valence-corrected chi connectivity index (χ3v) is 16.7. The lowest BCUT2D eigenvalue weighted by Crippen LogP contribution is -2.44. The topological polar surface area (TPSA) is 3.24 Å². The van der Waals surface area contributed by atoms with Crippen LogP contribution in [0.25, 0.3) is 0 Å². The predicted molar refractivity (Wildman–Crippen MR) is 152 cm³/mol. The molecule has 4 aromatic rings. The Labute approximate surface area is 211 Å². The summed E-state index contributed by atoms with van der Waals surface area (Å²) in [5.41, 5.74) is 7.28. The molecule has 0 radical (unpaired) electrons. The van der Waals surface area contributed by atoms with E-state index in [0.717, 1.165) is 12.8 Å². The molecule has 35 heavy (non-hydrogen) atoms. The van der Waals surface area contributed by atoms with E-state index in [1.807, 2.05) is 0 Å². The first-order valence-electron chi connectivity index (χ1n) is 12.8. The summed E-state index contributed by atoms with van der Waals surface area (Å²) in [5, 5.41) is 3.03. The third-order valence-electron chi connectivity index (χ3n) is 8.44. The van der Waals surface area contributed by atoms with E-state index in [9.17, 15) is 0 Å². The van der Waals surface area contributed by atoms with Crippen molar-refractivity contribution in [3.8, 4) is 0 Å². The van der Waals surface area contributed by atoms with E-state index in [4.69, 9.17) is 6.66 Å². The zero-order valence-corrected chi connectivity index (χ0v) is 21.8. The van der Waals surface area contributed by atoms with Crippen LogP contribution < -0.4 is 10.6 Å². The summed E-state index contributed by atoms with van der Waals surface area (Å²) in [4.78, 5) is 0. The Morgan fingerprint density at radius 2 is 1.26 bits per heavy atom. The van der Waals surface area contributed by atoms with E-state index in [1.165, 1.54) is 23.7 Å². The van der Waals surface area contributed by atoms with Gasteiger partial charge in [0.05, 0.1) is 25.4 Å². The van der Waals surface area contributed by atoms with Crippen LogP contribution in [-0.2, 0) is 12.8 Å². The average Bonchev–Trinajstić information content (AvgIpc) is 3.21. The molecular weight excluding hydrogens is 460 g/mol. The van der Waals surface area contributed by atoms with Crippen molar-refractivity contribution in [3.05, 3.63) is 138 Å². The Morgan fingerprint density at radius 1 is 0.657 bits per heavy atom. The van der Waals surface area contributed by atoms with E-state index in [-0.39, 0.29) is 0 Å². The Balaban J connectivity index is 1.50. The quantitative estimate of drug-likeness (QED) is 0.204. The van der Waals surface area contributed by atoms with Gasteiger partial charge in [0.15, 0.2) is 0 Å². The van der Waals surface area contributed by atoms with Crippen molar-refractivity contribution in [2.75, 3.05) is 0 Å². The molecule has 3 aliphatic heterocycles. The molecule has 0 amide bonds. The fraction of sp³-hybridized carbons (Fsp3) is 0.219. The number of nitrogens with zero attached hydrogens (tertiary/aromatic N) is 1. The number of fused-ring (bicyclic) bond motifs is 6. The first-order chi connectivity index (χ1) is 17.2. The van der Waals surface area contributed by atoms with Crippen molar-refractivity contribution in [1.29, 1.82) is 0 Å². The van der Waals surface area contributed by atoms with Gasteiger partial charge < -0.3 is 0 Å². The van der Waals surface area contributed by atoms with Crippen molar-refractivity contribution in [1.82, 2.24) is 4.44 Å². The molecule has 0 saturated carbocycles. The number of rotatable bonds is 2. The molecule has 7 rings (SSSR count). The van der Waals surface area contributed by atoms with Crippen LogP contribution in [0.4, 0.5) is 0 Å². The lowest BCUT2D eigenvalue weighted by molar-refractivity contribution is 0.474. The fourth-order valence-corrected chi connectivity index (χ4v) is 16.4. The zero-order chi connectivity index (χ0) is 23.4. The van der Waals surface area contributed by atoms with Gasteiger partial charge in [0.1, 0.15) is 0 Å². The molecule has 3 unspecified atom stereocenters. The molecule has 3 heteroatoms. The van der Waals surface area contributed by atoms with Gasteiger partial charge in [-0.05, 0) is 60.7 Å². The second-order valence-electron chi connectivity index (χ2n) is 10.3. The largest absolute Gasteiger partial charge is 0.176 e. The van der Waals surface area contributed by atoms with Crippen LogP contribution in [0, 0.1) is 6.66 Å². The van der Waals surface area contributed by atoms with Crippen molar-refractivity contribution < 1.29 is 0 Å². The van der Waals surface area contributed by atoms with Crippen LogP contribution in [0.15, 0.2) is 109 Å². The van der Waals surface area contributed by atoms with Gasteiger partial charge in [-0.15, -0.1) is 0 Å². The molecule has 3 aliphatic rings. The van der Waals surface area contributed by atoms with Crippen molar-refractivity contribution >= 4 is 26.1 Å². The second kappa shape index (κ2) is 8.67. The highest BCUT2D eigenvalue weighted by atomic mass is 31.2. The second-order valence-corrected chi connectivity index (χ2v) is 16.1. The molecule has 0 aromatic heterocycles. The molecule has 1 saturated heterocycles. The third kappa shape index (κ3) is 3.40. The van der Waals surface area contributed by atoms with E-state index >= 15 is 0 Å². The Morgan fingerprint density at radius 3 is 2.06 bits per heavy atom. The first-order valence-corrected chi connectivity index (χ1v) is 16.2. The van der Waals surface area contributed by atoms with Gasteiger partial charge in [-0.25, -0.2) is 0 Å². The summed E-state index contributed by atoms with van der Waals surface area (Å²) in [5.74, 6) is 0. The average molecular weight is 492 g/mol. The molecule has 0 spiro atoms. The van der Waals surface area contributed by atoms with Crippen LogP contribution in [0.2, 0.25) is 0 Å². The van der Waals surface area contributed by atoms with E-state index in [0.29, 0.717) is 17.4 Å². The van der Waals surface area contributed by atoms with Gasteiger partial charge in [0, 0.05) is 5.30 Å². The SMILES string of the molecule is [CH2-][P+]12[C@H](c3ccccc3)CC[C@H]1c1ccccc1CC1Cc3ccccc3P(c3ccccc3)N12. The van der Waals surface area contributed by atoms with Gasteiger partial charge in [0.25, 0.3) is 0 Å². The van der Waals surface area contributed by atoms with Crippen molar-refractivity contribution in [2.24, 2.45) is 0 Å². The highest BCUT2D eigenvalue weighted by Gasteiger charge is 2.60. The van der Waals surface area contributed by atoms with Crippen molar-refractivity contribution in [3.63, 3.8) is 0 Å². The van der Waals surface area contributed by atoms with Gasteiger partial charge in [-0.2, -0.15) is 11.1 Å². The Bertz CT molecular complexity index is 1350. The number of hydrogen-bond donors (Lipinski definition) is 0. The summed E-state index contributed by atoms with van der Waals surface area (Å²) < 4.78 is 3.06. The molecule has 0 N–H and O–H groups in total. The van der Waals surface area contributed by atoms with E-state index < -0.39 is 15.5 Å². The number of hydrogen-bond acceptors (Lipinski definition) is 1. The van der Waals surface area contributed by atoms with Crippen LogP contribution in [0.3, 0.4) is 0 Å². The minimum absolute atomic E-state index is 0.498. The van der Waals surface area contributed by atoms with Crippen LogP contribution in [0.1, 0.15) is 46.4 Å². The molecule has 1 nitrogen and oxygen atoms in total. The monoisotopic (exact) mass is 491 g/mol. The minimum atomic E-state index is -1.83. The lowest BCUT2D eigenvalue weighted by atomic mass is 9.93. The molecule has 3 heterocycles. The minimum Gasteiger partial charge on any atom is -0.176 e. The van der Waals surface area contributed by atoms with Crippen LogP contribution in [0.5, 0.6) is 0 Å². The highest BCUT2D eigenvalue weighted by molar-refractivity contribution is 7.87. The smallest absolute Gasteiger partial charge is 0.0848 e. The maximum absolute atomic E-state index is 5.39. The standard InChI is InChI=1S/C32H31NP2/c1-35-31(24-12-4-2-5-13-24)20-21-32(35)29-18-10-8-14-25(29)22-27-23-26-15-9-11-19-30(26)34(33(27)35)28-16-6-3-7-17-28/h2-19,27,31-32H,1,20-23H2/t27?,31-,32-,34?,35?/m0/s1. The highest BCUT2D eigenvalue weighted by Crippen LogP contribution is 2.90. The van der Waals surface area contributed by atoms with Crippen LogP contribution in [-0.4, -0.2) is 10.5 Å². The first kappa shape index (κ1) is 21.9. The zero-order valence-electron chi connectivity index (χ0n) is 20.0. The number of benzene rings is 4. The predicted octanol–water partition coefficient (Wildman–Crippen LogP) is 7.82. The summed E-state index contributed by atoms with van der Waals surface area (Å²) >= 11 is 0. The summed E-state index contributed by atoms with van der Waals surface area (Å²) in [6, 6.07) is 41.8. The normalized spacial score (nSPS) is 29.4. The summed E-state index contributed by atoms with van der Waals surface area (Å²) in [6.45, 7) is 5.39. The van der Waals surface area contributed by atoms with Gasteiger partial charge in [0.2, 0.25) is 0 Å². The summed E-state index contributed by atoms with van der Waals surface area (Å²) in [7, 11) is -2.47. The molecule has 5 atom stereocenters.